The average Bonchev–Trinajstić information content (AvgIpc) is 2.21. The van der Waals surface area contributed by atoms with Crippen molar-refractivity contribution in [1.29, 1.82) is 0 Å². The average molecular weight is 228 g/mol. The molecule has 0 aliphatic heterocycles. The van der Waals surface area contributed by atoms with Gasteiger partial charge in [0.25, 0.3) is 0 Å². The van der Waals surface area contributed by atoms with E-state index in [1.807, 2.05) is 26.0 Å². The number of hydrogen-bond acceptors (Lipinski definition) is 2. The van der Waals surface area contributed by atoms with Crippen molar-refractivity contribution < 1.29 is 10.2 Å². The third kappa shape index (κ3) is 2.11. The van der Waals surface area contributed by atoms with Gasteiger partial charge in [-0.15, -0.1) is 0 Å². The van der Waals surface area contributed by atoms with Gasteiger partial charge in [-0.05, 0) is 49.1 Å². The highest BCUT2D eigenvalue weighted by atomic mass is 16.3. The number of hydrogen-bond donors (Lipinski definition) is 2. The fourth-order valence-electron chi connectivity index (χ4n) is 2.02. The van der Waals surface area contributed by atoms with Crippen LogP contribution in [-0.4, -0.2) is 10.2 Å². The highest BCUT2D eigenvalue weighted by molar-refractivity contribution is 5.75. The molecule has 0 unspecified atom stereocenters. The Morgan fingerprint density at radius 2 is 1.47 bits per heavy atom. The van der Waals surface area contributed by atoms with Crippen molar-refractivity contribution in [2.75, 3.05) is 0 Å². The minimum Gasteiger partial charge on any atom is -0.508 e. The Kier molecular flexibility index (Phi) is 2.80. The van der Waals surface area contributed by atoms with E-state index in [1.54, 1.807) is 6.07 Å². The first kappa shape index (κ1) is 11.5. The first-order valence-corrected chi connectivity index (χ1v) is 5.59. The predicted molar refractivity (Wildman–Crippen MR) is 69.4 cm³/mol. The predicted octanol–water partition coefficient (Wildman–Crippen LogP) is 3.69. The molecule has 0 aliphatic carbocycles. The molecule has 2 rings (SSSR count). The van der Waals surface area contributed by atoms with E-state index in [4.69, 9.17) is 0 Å². The third-order valence-electron chi connectivity index (χ3n) is 3.10. The molecule has 0 aromatic heterocycles. The smallest absolute Gasteiger partial charge is 0.127 e. The van der Waals surface area contributed by atoms with Crippen LogP contribution in [0.15, 0.2) is 30.3 Å². The van der Waals surface area contributed by atoms with Crippen LogP contribution >= 0.6 is 0 Å². The number of aryl methyl sites for hydroxylation is 3. The number of aromatic hydroxyl groups is 2. The van der Waals surface area contributed by atoms with E-state index in [2.05, 4.69) is 13.0 Å². The van der Waals surface area contributed by atoms with Crippen LogP contribution in [0.3, 0.4) is 0 Å². The fourth-order valence-corrected chi connectivity index (χ4v) is 2.02. The van der Waals surface area contributed by atoms with Gasteiger partial charge in [0.1, 0.15) is 11.5 Å². The van der Waals surface area contributed by atoms with E-state index in [1.165, 1.54) is 17.2 Å². The SMILES string of the molecule is Cc1ccc(-c2c(C)cc(O)cc2O)cc1C. The molecular weight excluding hydrogens is 212 g/mol. The van der Waals surface area contributed by atoms with E-state index in [9.17, 15) is 10.2 Å². The molecule has 0 amide bonds. The van der Waals surface area contributed by atoms with E-state index in [0.29, 0.717) is 0 Å². The van der Waals surface area contributed by atoms with E-state index in [-0.39, 0.29) is 11.5 Å². The monoisotopic (exact) mass is 228 g/mol. The van der Waals surface area contributed by atoms with Crippen molar-refractivity contribution in [3.63, 3.8) is 0 Å². The molecule has 0 aliphatic rings. The molecule has 2 nitrogen and oxygen atoms in total. The van der Waals surface area contributed by atoms with Gasteiger partial charge in [-0.1, -0.05) is 18.2 Å². The standard InChI is InChI=1S/C15H16O2/c1-9-4-5-12(6-10(9)2)15-11(3)7-13(16)8-14(15)17/h4-8,16-17H,1-3H3. The Balaban J connectivity index is 2.64. The quantitative estimate of drug-likeness (QED) is 0.781. The zero-order valence-corrected chi connectivity index (χ0v) is 10.3. The van der Waals surface area contributed by atoms with Gasteiger partial charge in [0.2, 0.25) is 0 Å². The van der Waals surface area contributed by atoms with Crippen LogP contribution in [0.2, 0.25) is 0 Å². The highest BCUT2D eigenvalue weighted by Gasteiger charge is 2.10. The minimum atomic E-state index is 0.0904. The molecule has 17 heavy (non-hydrogen) atoms. The Bertz CT molecular complexity index is 548. The molecule has 2 aromatic rings. The summed E-state index contributed by atoms with van der Waals surface area (Å²) in [5.41, 5.74) is 5.04. The molecule has 0 radical (unpaired) electrons. The Labute approximate surface area is 101 Å². The first-order valence-electron chi connectivity index (χ1n) is 5.59. The van der Waals surface area contributed by atoms with Crippen molar-refractivity contribution in [3.05, 3.63) is 47.0 Å². The summed E-state index contributed by atoms with van der Waals surface area (Å²) in [6.07, 6.45) is 0. The number of phenols is 2. The summed E-state index contributed by atoms with van der Waals surface area (Å²) in [6, 6.07) is 9.11. The number of rotatable bonds is 1. The molecule has 0 atom stereocenters. The van der Waals surface area contributed by atoms with Crippen LogP contribution in [0.25, 0.3) is 11.1 Å². The summed E-state index contributed by atoms with van der Waals surface area (Å²) in [6.45, 7) is 5.98. The zero-order valence-electron chi connectivity index (χ0n) is 10.3. The summed E-state index contributed by atoms with van der Waals surface area (Å²) in [5.74, 6) is 0.207. The summed E-state index contributed by atoms with van der Waals surface area (Å²) in [4.78, 5) is 0. The fraction of sp³-hybridized carbons (Fsp3) is 0.200. The number of phenolic OH excluding ortho intramolecular Hbond substituents is 2. The molecular formula is C15H16O2. The van der Waals surface area contributed by atoms with Crippen molar-refractivity contribution >= 4 is 0 Å². The minimum absolute atomic E-state index is 0.0904. The van der Waals surface area contributed by atoms with Gasteiger partial charge in [0.15, 0.2) is 0 Å². The lowest BCUT2D eigenvalue weighted by molar-refractivity contribution is 0.451. The lowest BCUT2D eigenvalue weighted by Gasteiger charge is -2.11. The van der Waals surface area contributed by atoms with Crippen molar-refractivity contribution in [2.24, 2.45) is 0 Å². The molecule has 0 spiro atoms. The molecule has 2 aromatic carbocycles. The second-order valence-electron chi connectivity index (χ2n) is 4.46. The summed E-state index contributed by atoms with van der Waals surface area (Å²) < 4.78 is 0. The van der Waals surface area contributed by atoms with Crippen LogP contribution in [0, 0.1) is 20.8 Å². The molecule has 2 heteroatoms. The summed E-state index contributed by atoms with van der Waals surface area (Å²) in [7, 11) is 0. The van der Waals surface area contributed by atoms with Gasteiger partial charge >= 0.3 is 0 Å². The normalized spacial score (nSPS) is 10.5. The molecule has 0 saturated heterocycles. The topological polar surface area (TPSA) is 40.5 Å². The van der Waals surface area contributed by atoms with Crippen molar-refractivity contribution in [1.82, 2.24) is 0 Å². The highest BCUT2D eigenvalue weighted by Crippen LogP contribution is 2.36. The van der Waals surface area contributed by atoms with Crippen LogP contribution in [-0.2, 0) is 0 Å². The van der Waals surface area contributed by atoms with Crippen LogP contribution in [0.5, 0.6) is 11.5 Å². The molecule has 2 N–H and O–H groups in total. The maximum absolute atomic E-state index is 9.93. The molecule has 0 saturated carbocycles. The van der Waals surface area contributed by atoms with Crippen LogP contribution < -0.4 is 0 Å². The second-order valence-corrected chi connectivity index (χ2v) is 4.46. The Morgan fingerprint density at radius 3 is 2.06 bits per heavy atom. The van der Waals surface area contributed by atoms with E-state index >= 15 is 0 Å². The second kappa shape index (κ2) is 4.13. The lowest BCUT2D eigenvalue weighted by Crippen LogP contribution is -1.87. The van der Waals surface area contributed by atoms with Gasteiger partial charge in [0.05, 0.1) is 0 Å². The van der Waals surface area contributed by atoms with Gasteiger partial charge in [-0.3, -0.25) is 0 Å². The van der Waals surface area contributed by atoms with Gasteiger partial charge in [-0.25, -0.2) is 0 Å². The molecule has 0 bridgehead atoms. The zero-order chi connectivity index (χ0) is 12.6. The van der Waals surface area contributed by atoms with E-state index < -0.39 is 0 Å². The van der Waals surface area contributed by atoms with Crippen molar-refractivity contribution in [3.8, 4) is 22.6 Å². The molecule has 88 valence electrons. The first-order chi connectivity index (χ1) is 7.99. The maximum atomic E-state index is 9.93. The molecule has 0 heterocycles. The molecule has 0 fully saturated rings. The number of benzene rings is 2. The van der Waals surface area contributed by atoms with Gasteiger partial charge in [-0.2, -0.15) is 0 Å². The maximum Gasteiger partial charge on any atom is 0.127 e. The van der Waals surface area contributed by atoms with Crippen LogP contribution in [0.1, 0.15) is 16.7 Å². The largest absolute Gasteiger partial charge is 0.508 e. The summed E-state index contributed by atoms with van der Waals surface area (Å²) >= 11 is 0. The van der Waals surface area contributed by atoms with E-state index in [0.717, 1.165) is 16.7 Å². The lowest BCUT2D eigenvalue weighted by atomic mass is 9.96. The van der Waals surface area contributed by atoms with Crippen molar-refractivity contribution in [2.45, 2.75) is 20.8 Å². The van der Waals surface area contributed by atoms with Crippen LogP contribution in [0.4, 0.5) is 0 Å². The Morgan fingerprint density at radius 1 is 0.765 bits per heavy atom. The summed E-state index contributed by atoms with van der Waals surface area (Å²) in [5, 5.41) is 19.3. The van der Waals surface area contributed by atoms with Gasteiger partial charge < -0.3 is 10.2 Å². The third-order valence-corrected chi connectivity index (χ3v) is 3.10. The Hall–Kier alpha value is -1.96. The van der Waals surface area contributed by atoms with Gasteiger partial charge in [0, 0.05) is 11.6 Å².